The second kappa shape index (κ2) is 10.4. The molecule has 0 fully saturated rings. The van der Waals surface area contributed by atoms with Gasteiger partial charge in [-0.3, -0.25) is 0 Å². The van der Waals surface area contributed by atoms with Gasteiger partial charge in [0.2, 0.25) is 0 Å². The van der Waals surface area contributed by atoms with Crippen molar-refractivity contribution in [1.82, 2.24) is 0 Å². The molecule has 1 nitrogen and oxygen atoms in total. The SMILES string of the molecule is CCOc1cc(F)c(CCc2ccc3c(F)c(CCc4cc(F)c(F)c(F)c4)ccc3c2)c(F)c1. The van der Waals surface area contributed by atoms with Crippen LogP contribution in [0.25, 0.3) is 10.8 Å². The molecule has 7 heteroatoms. The molecule has 0 aliphatic carbocycles. The summed E-state index contributed by atoms with van der Waals surface area (Å²) in [5.74, 6) is -5.77. The Morgan fingerprint density at radius 1 is 0.600 bits per heavy atom. The number of fused-ring (bicyclic) bond motifs is 1. The van der Waals surface area contributed by atoms with Gasteiger partial charge in [0, 0.05) is 23.1 Å². The fourth-order valence-electron chi connectivity index (χ4n) is 4.10. The van der Waals surface area contributed by atoms with Gasteiger partial charge >= 0.3 is 0 Å². The van der Waals surface area contributed by atoms with E-state index >= 15 is 4.39 Å². The third kappa shape index (κ3) is 5.45. The highest BCUT2D eigenvalue weighted by Gasteiger charge is 2.14. The van der Waals surface area contributed by atoms with Crippen LogP contribution in [0.3, 0.4) is 0 Å². The van der Waals surface area contributed by atoms with Gasteiger partial charge in [-0.25, -0.2) is 26.3 Å². The molecule has 4 aromatic rings. The van der Waals surface area contributed by atoms with Gasteiger partial charge in [0.25, 0.3) is 0 Å². The molecule has 182 valence electrons. The molecule has 0 radical (unpaired) electrons. The third-order valence-electron chi connectivity index (χ3n) is 5.91. The number of hydrogen-bond acceptors (Lipinski definition) is 1. The first-order chi connectivity index (χ1) is 16.8. The van der Waals surface area contributed by atoms with Crippen LogP contribution < -0.4 is 4.74 Å². The molecular formula is C28H22F6O. The highest BCUT2D eigenvalue weighted by atomic mass is 19.2. The number of hydrogen-bond donors (Lipinski definition) is 0. The van der Waals surface area contributed by atoms with Gasteiger partial charge in [-0.15, -0.1) is 0 Å². The maximum atomic E-state index is 15.1. The Balaban J connectivity index is 1.48. The van der Waals surface area contributed by atoms with Crippen molar-refractivity contribution < 1.29 is 31.1 Å². The van der Waals surface area contributed by atoms with Gasteiger partial charge < -0.3 is 4.74 Å². The lowest BCUT2D eigenvalue weighted by Gasteiger charge is -2.11. The molecule has 0 aliphatic rings. The second-order valence-electron chi connectivity index (χ2n) is 8.27. The Hall–Kier alpha value is -3.48. The predicted octanol–water partition coefficient (Wildman–Crippen LogP) is 7.64. The van der Waals surface area contributed by atoms with E-state index < -0.39 is 34.9 Å². The van der Waals surface area contributed by atoms with Crippen LogP contribution in [0, 0.1) is 34.9 Å². The van der Waals surface area contributed by atoms with Gasteiger partial charge in [-0.05, 0) is 66.8 Å². The van der Waals surface area contributed by atoms with Crippen LogP contribution in [0.15, 0.2) is 54.6 Å². The van der Waals surface area contributed by atoms with Gasteiger partial charge in [0.15, 0.2) is 17.5 Å². The number of halogens is 6. The van der Waals surface area contributed by atoms with Gasteiger partial charge in [0.1, 0.15) is 23.2 Å². The van der Waals surface area contributed by atoms with Crippen molar-refractivity contribution >= 4 is 10.8 Å². The van der Waals surface area contributed by atoms with Gasteiger partial charge in [-0.2, -0.15) is 0 Å². The summed E-state index contributed by atoms with van der Waals surface area (Å²) in [5.41, 5.74) is 1.33. The van der Waals surface area contributed by atoms with E-state index in [1.807, 2.05) is 0 Å². The Kier molecular flexibility index (Phi) is 7.34. The molecule has 0 atom stereocenters. The van der Waals surface area contributed by atoms with Gasteiger partial charge in [0.05, 0.1) is 6.61 Å². The Bertz CT molecular complexity index is 1340. The summed E-state index contributed by atoms with van der Waals surface area (Å²) >= 11 is 0. The number of aryl methyl sites for hydroxylation is 3. The lowest BCUT2D eigenvalue weighted by Crippen LogP contribution is -2.02. The van der Waals surface area contributed by atoms with E-state index in [0.29, 0.717) is 29.4 Å². The molecule has 0 saturated heterocycles. The minimum absolute atomic E-state index is 0.0382. The Morgan fingerprint density at radius 3 is 1.91 bits per heavy atom. The topological polar surface area (TPSA) is 9.23 Å². The van der Waals surface area contributed by atoms with E-state index in [-0.39, 0.29) is 36.1 Å². The standard InChI is InChI=1S/C28H22F6O/c1-2-35-20-14-23(29)22(24(30)15-20)10-5-16-4-9-21-19(11-16)8-7-18(27(21)33)6-3-17-12-25(31)28(34)26(32)13-17/h4,7-9,11-15H,2-3,5-6,10H2,1H3. The summed E-state index contributed by atoms with van der Waals surface area (Å²) < 4.78 is 88.8. The first kappa shape index (κ1) is 24.6. The molecule has 35 heavy (non-hydrogen) atoms. The van der Waals surface area contributed by atoms with E-state index in [0.717, 1.165) is 29.8 Å². The highest BCUT2D eigenvalue weighted by molar-refractivity contribution is 5.84. The van der Waals surface area contributed by atoms with Crippen LogP contribution in [0.2, 0.25) is 0 Å². The Morgan fingerprint density at radius 2 is 1.26 bits per heavy atom. The molecule has 0 aromatic heterocycles. The number of rotatable bonds is 8. The fourth-order valence-corrected chi connectivity index (χ4v) is 4.10. The van der Waals surface area contributed by atoms with E-state index in [1.54, 1.807) is 37.3 Å². The molecule has 4 aromatic carbocycles. The minimum atomic E-state index is -1.53. The zero-order valence-electron chi connectivity index (χ0n) is 18.9. The molecule has 0 bridgehead atoms. The molecule has 0 heterocycles. The molecule has 0 saturated carbocycles. The van der Waals surface area contributed by atoms with Crippen molar-refractivity contribution in [2.75, 3.05) is 6.61 Å². The van der Waals surface area contributed by atoms with Crippen molar-refractivity contribution in [3.05, 3.63) is 112 Å². The predicted molar refractivity (Wildman–Crippen MR) is 123 cm³/mol. The highest BCUT2D eigenvalue weighted by Crippen LogP contribution is 2.26. The number of ether oxygens (including phenoxy) is 1. The van der Waals surface area contributed by atoms with E-state index in [2.05, 4.69) is 0 Å². The molecule has 4 rings (SSSR count). The summed E-state index contributed by atoms with van der Waals surface area (Å²) in [6.07, 6.45) is 0.780. The summed E-state index contributed by atoms with van der Waals surface area (Å²) in [6, 6.07) is 12.5. The van der Waals surface area contributed by atoms with Crippen LogP contribution in [-0.4, -0.2) is 6.61 Å². The van der Waals surface area contributed by atoms with Crippen molar-refractivity contribution in [3.8, 4) is 5.75 Å². The molecule has 0 unspecified atom stereocenters. The summed E-state index contributed by atoms with van der Waals surface area (Å²) in [6.45, 7) is 2.03. The first-order valence-corrected chi connectivity index (χ1v) is 11.2. The summed E-state index contributed by atoms with van der Waals surface area (Å²) in [7, 11) is 0. The molecule has 0 amide bonds. The molecule has 0 aliphatic heterocycles. The minimum Gasteiger partial charge on any atom is -0.494 e. The first-order valence-electron chi connectivity index (χ1n) is 11.2. The smallest absolute Gasteiger partial charge is 0.194 e. The number of benzene rings is 4. The van der Waals surface area contributed by atoms with Gasteiger partial charge in [-0.1, -0.05) is 30.3 Å². The van der Waals surface area contributed by atoms with Crippen LogP contribution in [0.4, 0.5) is 26.3 Å². The van der Waals surface area contributed by atoms with E-state index in [1.165, 1.54) is 0 Å². The average molecular weight is 488 g/mol. The van der Waals surface area contributed by atoms with Crippen molar-refractivity contribution in [3.63, 3.8) is 0 Å². The zero-order valence-corrected chi connectivity index (χ0v) is 18.9. The van der Waals surface area contributed by atoms with Crippen LogP contribution in [0.1, 0.15) is 29.2 Å². The molecule has 0 spiro atoms. The lowest BCUT2D eigenvalue weighted by atomic mass is 9.97. The third-order valence-corrected chi connectivity index (χ3v) is 5.91. The fraction of sp³-hybridized carbons (Fsp3) is 0.214. The van der Waals surface area contributed by atoms with E-state index in [4.69, 9.17) is 4.74 Å². The normalized spacial score (nSPS) is 11.3. The monoisotopic (exact) mass is 488 g/mol. The van der Waals surface area contributed by atoms with Crippen LogP contribution >= 0.6 is 0 Å². The Labute approximate surface area is 199 Å². The molecule has 0 N–H and O–H groups in total. The quantitative estimate of drug-likeness (QED) is 0.183. The maximum Gasteiger partial charge on any atom is 0.194 e. The van der Waals surface area contributed by atoms with Crippen LogP contribution in [-0.2, 0) is 25.7 Å². The summed E-state index contributed by atoms with van der Waals surface area (Å²) in [4.78, 5) is 0. The maximum absolute atomic E-state index is 15.1. The molecular weight excluding hydrogens is 466 g/mol. The second-order valence-corrected chi connectivity index (χ2v) is 8.27. The largest absolute Gasteiger partial charge is 0.494 e. The van der Waals surface area contributed by atoms with E-state index in [9.17, 15) is 22.0 Å². The van der Waals surface area contributed by atoms with Crippen molar-refractivity contribution in [2.24, 2.45) is 0 Å². The van der Waals surface area contributed by atoms with Crippen molar-refractivity contribution in [1.29, 1.82) is 0 Å². The van der Waals surface area contributed by atoms with Crippen molar-refractivity contribution in [2.45, 2.75) is 32.6 Å². The average Bonchev–Trinajstić information content (AvgIpc) is 2.81. The summed E-state index contributed by atoms with van der Waals surface area (Å²) in [5, 5.41) is 0.983. The zero-order chi connectivity index (χ0) is 25.1. The van der Waals surface area contributed by atoms with Crippen LogP contribution in [0.5, 0.6) is 5.75 Å². The lowest BCUT2D eigenvalue weighted by molar-refractivity contribution is 0.335.